The van der Waals surface area contributed by atoms with Crippen molar-refractivity contribution < 1.29 is 9.53 Å². The second-order valence-electron chi connectivity index (χ2n) is 2.68. The topological polar surface area (TPSA) is 67.9 Å². The zero-order chi connectivity index (χ0) is 10.6. The van der Waals surface area contributed by atoms with E-state index in [-0.39, 0.29) is 10.9 Å². The fourth-order valence-electron chi connectivity index (χ4n) is 1.18. The van der Waals surface area contributed by atoms with Gasteiger partial charge in [0.05, 0.1) is 12.4 Å². The van der Waals surface area contributed by atoms with Crippen molar-refractivity contribution in [2.75, 3.05) is 13.4 Å². The molecule has 0 aliphatic carbocycles. The third-order valence-electron chi connectivity index (χ3n) is 1.91. The first-order valence-electron chi connectivity index (χ1n) is 4.26. The largest absolute Gasteiger partial charge is 0.464 e. The van der Waals surface area contributed by atoms with E-state index in [4.69, 9.17) is 0 Å². The van der Waals surface area contributed by atoms with E-state index in [1.807, 2.05) is 13.2 Å². The zero-order valence-corrected chi connectivity index (χ0v) is 9.22. The molecule has 1 aromatic rings. The second-order valence-corrected chi connectivity index (χ2v) is 3.72. The highest BCUT2D eigenvalue weighted by Crippen LogP contribution is 2.29. The summed E-state index contributed by atoms with van der Waals surface area (Å²) in [7, 11) is 1.33. The molecule has 0 fully saturated rings. The van der Waals surface area contributed by atoms with E-state index in [2.05, 4.69) is 20.1 Å². The number of esters is 1. The molecule has 0 amide bonds. The van der Waals surface area contributed by atoms with E-state index in [0.717, 1.165) is 6.42 Å². The smallest absolute Gasteiger partial charge is 0.360 e. The third-order valence-corrected chi connectivity index (χ3v) is 3.04. The molecule has 0 aromatic carbocycles. The van der Waals surface area contributed by atoms with Gasteiger partial charge in [0.25, 0.3) is 0 Å². The molecule has 1 aromatic heterocycles. The molecule has 0 saturated carbocycles. The van der Waals surface area contributed by atoms with Gasteiger partial charge in [0.2, 0.25) is 0 Å². The van der Waals surface area contributed by atoms with Crippen LogP contribution in [0.4, 0.5) is 0 Å². The van der Waals surface area contributed by atoms with Crippen LogP contribution in [0.2, 0.25) is 0 Å². The first-order chi connectivity index (χ1) is 6.74. The van der Waals surface area contributed by atoms with Crippen LogP contribution in [0, 0.1) is 0 Å². The van der Waals surface area contributed by atoms with E-state index in [1.54, 1.807) is 11.8 Å². The van der Waals surface area contributed by atoms with Crippen LogP contribution >= 0.6 is 11.8 Å². The molecule has 0 bridgehead atoms. The van der Waals surface area contributed by atoms with Crippen LogP contribution in [0.1, 0.15) is 34.8 Å². The fourth-order valence-corrected chi connectivity index (χ4v) is 1.90. The van der Waals surface area contributed by atoms with E-state index < -0.39 is 5.97 Å². The minimum absolute atomic E-state index is 0.183. The predicted octanol–water partition coefficient (Wildman–Crippen LogP) is 1.41. The molecule has 1 rings (SSSR count). The van der Waals surface area contributed by atoms with Gasteiger partial charge in [0.1, 0.15) is 5.69 Å². The van der Waals surface area contributed by atoms with Gasteiger partial charge >= 0.3 is 5.97 Å². The molecule has 0 spiro atoms. The summed E-state index contributed by atoms with van der Waals surface area (Å²) in [5.41, 5.74) is 0.959. The Balaban J connectivity index is 2.96. The van der Waals surface area contributed by atoms with Crippen molar-refractivity contribution in [3.8, 4) is 0 Å². The molecule has 1 unspecified atom stereocenters. The number of hydrogen-bond acceptors (Lipinski definition) is 5. The summed E-state index contributed by atoms with van der Waals surface area (Å²) >= 11 is 1.64. The van der Waals surface area contributed by atoms with Crippen molar-refractivity contribution >= 4 is 17.7 Å². The van der Waals surface area contributed by atoms with Gasteiger partial charge in [-0.1, -0.05) is 6.92 Å². The Morgan fingerprint density at radius 3 is 2.86 bits per heavy atom. The highest BCUT2D eigenvalue weighted by molar-refractivity contribution is 7.98. The predicted molar refractivity (Wildman–Crippen MR) is 54.3 cm³/mol. The minimum Gasteiger partial charge on any atom is -0.464 e. The lowest BCUT2D eigenvalue weighted by atomic mass is 10.2. The summed E-state index contributed by atoms with van der Waals surface area (Å²) in [6.07, 6.45) is 2.88. The first-order valence-corrected chi connectivity index (χ1v) is 5.55. The van der Waals surface area contributed by atoms with Crippen molar-refractivity contribution in [1.82, 2.24) is 15.4 Å². The number of methoxy groups -OCH3 is 1. The number of ether oxygens (including phenoxy) is 1. The van der Waals surface area contributed by atoms with Crippen LogP contribution in [0.25, 0.3) is 0 Å². The maximum absolute atomic E-state index is 11.3. The van der Waals surface area contributed by atoms with Gasteiger partial charge in [-0.3, -0.25) is 0 Å². The van der Waals surface area contributed by atoms with Gasteiger partial charge in [0.15, 0.2) is 5.69 Å². The van der Waals surface area contributed by atoms with E-state index in [0.29, 0.717) is 5.69 Å². The third kappa shape index (κ3) is 2.06. The summed E-state index contributed by atoms with van der Waals surface area (Å²) in [6.45, 7) is 2.04. The van der Waals surface area contributed by atoms with Gasteiger partial charge in [-0.05, 0) is 12.7 Å². The summed E-state index contributed by atoms with van der Waals surface area (Å²) in [4.78, 5) is 11.3. The van der Waals surface area contributed by atoms with Gasteiger partial charge < -0.3 is 4.74 Å². The maximum atomic E-state index is 11.3. The van der Waals surface area contributed by atoms with E-state index in [9.17, 15) is 4.79 Å². The number of aromatic amines is 1. The molecular weight excluding hydrogens is 202 g/mol. The molecule has 0 aliphatic rings. The zero-order valence-electron chi connectivity index (χ0n) is 8.40. The van der Waals surface area contributed by atoms with Crippen molar-refractivity contribution in [3.05, 3.63) is 11.4 Å². The summed E-state index contributed by atoms with van der Waals surface area (Å²) < 4.78 is 4.60. The molecule has 1 N–H and O–H groups in total. The number of carbonyl (C=O) groups is 1. The van der Waals surface area contributed by atoms with Crippen LogP contribution in [-0.2, 0) is 4.74 Å². The number of carbonyl (C=O) groups excluding carboxylic acids is 1. The molecule has 14 heavy (non-hydrogen) atoms. The molecule has 78 valence electrons. The summed E-state index contributed by atoms with van der Waals surface area (Å²) in [5.74, 6) is -0.443. The Morgan fingerprint density at radius 2 is 2.36 bits per heavy atom. The molecule has 0 radical (unpaired) electrons. The normalized spacial score (nSPS) is 12.5. The summed E-state index contributed by atoms with van der Waals surface area (Å²) in [6, 6.07) is 0. The molecule has 5 nitrogen and oxygen atoms in total. The standard InChI is InChI=1S/C8H13N3O2S/c1-4-5(14-3)6-7(8(12)13-2)10-11-9-6/h5H,4H2,1-3H3,(H,9,10,11). The average molecular weight is 215 g/mol. The summed E-state index contributed by atoms with van der Waals surface area (Å²) in [5, 5.41) is 10.4. The number of rotatable bonds is 4. The Bertz CT molecular complexity index is 309. The van der Waals surface area contributed by atoms with Crippen molar-refractivity contribution in [1.29, 1.82) is 0 Å². The van der Waals surface area contributed by atoms with Gasteiger partial charge in [0, 0.05) is 0 Å². The second kappa shape index (κ2) is 4.99. The quantitative estimate of drug-likeness (QED) is 0.769. The van der Waals surface area contributed by atoms with Crippen molar-refractivity contribution in [2.45, 2.75) is 18.6 Å². The lowest BCUT2D eigenvalue weighted by Crippen LogP contribution is -2.07. The molecular formula is C8H13N3O2S. The highest BCUT2D eigenvalue weighted by atomic mass is 32.2. The van der Waals surface area contributed by atoms with Crippen molar-refractivity contribution in [2.24, 2.45) is 0 Å². The monoisotopic (exact) mass is 215 g/mol. The van der Waals surface area contributed by atoms with Crippen LogP contribution in [-0.4, -0.2) is 34.7 Å². The van der Waals surface area contributed by atoms with Crippen LogP contribution in [0.15, 0.2) is 0 Å². The lowest BCUT2D eigenvalue weighted by molar-refractivity contribution is 0.0592. The van der Waals surface area contributed by atoms with Gasteiger partial charge in [-0.2, -0.15) is 22.1 Å². The Morgan fingerprint density at radius 1 is 1.64 bits per heavy atom. The van der Waals surface area contributed by atoms with Gasteiger partial charge in [-0.15, -0.1) is 5.10 Å². The Kier molecular flexibility index (Phi) is 3.94. The number of H-pyrrole nitrogens is 1. The lowest BCUT2D eigenvalue weighted by Gasteiger charge is -2.08. The highest BCUT2D eigenvalue weighted by Gasteiger charge is 2.22. The van der Waals surface area contributed by atoms with E-state index in [1.165, 1.54) is 7.11 Å². The molecule has 6 heteroatoms. The minimum atomic E-state index is -0.443. The average Bonchev–Trinajstić information content (AvgIpc) is 2.68. The van der Waals surface area contributed by atoms with Crippen LogP contribution in [0.5, 0.6) is 0 Å². The van der Waals surface area contributed by atoms with Gasteiger partial charge in [-0.25, -0.2) is 4.79 Å². The number of aromatic nitrogens is 3. The molecule has 0 aliphatic heterocycles. The molecule has 0 saturated heterocycles. The van der Waals surface area contributed by atoms with E-state index >= 15 is 0 Å². The fraction of sp³-hybridized carbons (Fsp3) is 0.625. The van der Waals surface area contributed by atoms with Crippen LogP contribution in [0.3, 0.4) is 0 Å². The SMILES string of the molecule is CCC(SC)c1n[nH]nc1C(=O)OC. The molecule has 1 atom stereocenters. The Labute approximate surface area is 86.6 Å². The maximum Gasteiger partial charge on any atom is 0.360 e. The first kappa shape index (κ1) is 11.0. The Hall–Kier alpha value is -1.04. The number of nitrogens with one attached hydrogen (secondary N) is 1. The number of nitrogens with zero attached hydrogens (tertiary/aromatic N) is 2. The number of hydrogen-bond donors (Lipinski definition) is 1. The molecule has 1 heterocycles. The van der Waals surface area contributed by atoms with Crippen LogP contribution < -0.4 is 0 Å². The van der Waals surface area contributed by atoms with Crippen molar-refractivity contribution in [3.63, 3.8) is 0 Å². The number of thioether (sulfide) groups is 1.